The Balaban J connectivity index is 0.000000810. The number of esters is 1. The van der Waals surface area contributed by atoms with Crippen LogP contribution in [0.3, 0.4) is 0 Å². The first-order valence-corrected chi connectivity index (χ1v) is 2.42. The van der Waals surface area contributed by atoms with E-state index in [0.29, 0.717) is 5.69 Å². The maximum atomic E-state index is 10.6. The molecule has 4 nitrogen and oxygen atoms in total. The minimum atomic E-state index is -0.396. The van der Waals surface area contributed by atoms with Gasteiger partial charge in [0.25, 0.3) is 0 Å². The van der Waals surface area contributed by atoms with Crippen LogP contribution >= 0.6 is 0 Å². The molecule has 0 aliphatic heterocycles. The smallest absolute Gasteiger partial charge is 0.356 e. The van der Waals surface area contributed by atoms with E-state index < -0.39 is 5.97 Å². The van der Waals surface area contributed by atoms with Gasteiger partial charge in [-0.15, -0.1) is 0 Å². The van der Waals surface area contributed by atoms with Gasteiger partial charge in [-0.25, -0.2) is 4.79 Å². The predicted molar refractivity (Wildman–Crippen MR) is 32.0 cm³/mol. The molecule has 0 saturated carbocycles. The number of hydrogen-bond acceptors (Lipinski definition) is 3. The summed E-state index contributed by atoms with van der Waals surface area (Å²) in [4.78, 5) is 10.6. The number of hydrogen-bond donors (Lipinski definition) is 1. The van der Waals surface area contributed by atoms with Crippen LogP contribution in [-0.2, 0) is 4.74 Å². The Kier molecular flexibility index (Phi) is 1.48. The molecule has 0 spiro atoms. The maximum Gasteiger partial charge on any atom is 0.356 e. The molecule has 0 bridgehead atoms. The first-order chi connectivity index (χ1) is 4.34. The summed E-state index contributed by atoms with van der Waals surface area (Å²) in [6.07, 6.45) is 1.49. The van der Waals surface area contributed by atoms with Crippen molar-refractivity contribution in [1.82, 2.24) is 10.2 Å². The minimum Gasteiger partial charge on any atom is -0.464 e. The quantitative estimate of drug-likeness (QED) is 0.558. The lowest BCUT2D eigenvalue weighted by Gasteiger charge is -1.90. The zero-order chi connectivity index (χ0) is 6.69. The number of carbonyl (C=O) groups excluding carboxylic acids is 1. The number of methoxy groups -OCH3 is 1. The standard InChI is InChI=1S/C5H6N2O2.H2/c1-9-5(8)4-2-3-6-7-4;/h2-3H,1H3,(H,6,7);1H. The van der Waals surface area contributed by atoms with Gasteiger partial charge in [-0.05, 0) is 6.07 Å². The molecule has 0 unspecified atom stereocenters. The van der Waals surface area contributed by atoms with Gasteiger partial charge in [0, 0.05) is 7.62 Å². The summed E-state index contributed by atoms with van der Waals surface area (Å²) in [5.74, 6) is -0.396. The number of aromatic nitrogens is 2. The van der Waals surface area contributed by atoms with Crippen molar-refractivity contribution >= 4 is 5.97 Å². The molecule has 0 aromatic carbocycles. The van der Waals surface area contributed by atoms with Gasteiger partial charge in [0.2, 0.25) is 0 Å². The van der Waals surface area contributed by atoms with Gasteiger partial charge in [-0.2, -0.15) is 5.10 Å². The molecule has 0 aliphatic carbocycles. The van der Waals surface area contributed by atoms with Crippen molar-refractivity contribution in [1.29, 1.82) is 0 Å². The van der Waals surface area contributed by atoms with Crippen molar-refractivity contribution in [2.75, 3.05) is 7.11 Å². The molecule has 0 fully saturated rings. The fourth-order valence-corrected chi connectivity index (χ4v) is 0.480. The lowest BCUT2D eigenvalue weighted by molar-refractivity contribution is 0.0594. The van der Waals surface area contributed by atoms with E-state index in [9.17, 15) is 4.79 Å². The topological polar surface area (TPSA) is 55.0 Å². The minimum absolute atomic E-state index is 0. The Morgan fingerprint density at radius 3 is 3.22 bits per heavy atom. The third-order valence-electron chi connectivity index (χ3n) is 0.906. The summed E-state index contributed by atoms with van der Waals surface area (Å²) in [6, 6.07) is 1.55. The van der Waals surface area contributed by atoms with Crippen LogP contribution in [0.15, 0.2) is 12.3 Å². The summed E-state index contributed by atoms with van der Waals surface area (Å²) in [5, 5.41) is 6.03. The second-order valence-corrected chi connectivity index (χ2v) is 1.46. The van der Waals surface area contributed by atoms with Crippen LogP contribution in [0.5, 0.6) is 0 Å². The Bertz CT molecular complexity index is 197. The fraction of sp³-hybridized carbons (Fsp3) is 0.200. The average Bonchev–Trinajstić information content (AvgIpc) is 2.37. The van der Waals surface area contributed by atoms with Gasteiger partial charge in [0.1, 0.15) is 5.69 Å². The molecule has 4 heteroatoms. The van der Waals surface area contributed by atoms with Crippen LogP contribution in [0.25, 0.3) is 0 Å². The first-order valence-electron chi connectivity index (χ1n) is 2.42. The molecule has 0 saturated heterocycles. The van der Waals surface area contributed by atoms with Crippen molar-refractivity contribution < 1.29 is 11.0 Å². The monoisotopic (exact) mass is 128 g/mol. The first kappa shape index (κ1) is 5.81. The van der Waals surface area contributed by atoms with Crippen molar-refractivity contribution in [2.45, 2.75) is 0 Å². The molecular weight excluding hydrogens is 120 g/mol. The van der Waals surface area contributed by atoms with E-state index in [1.54, 1.807) is 6.07 Å². The molecular formula is C5H8N2O2. The molecule has 1 heterocycles. The van der Waals surface area contributed by atoms with E-state index in [4.69, 9.17) is 0 Å². The maximum absolute atomic E-state index is 10.6. The van der Waals surface area contributed by atoms with Gasteiger partial charge >= 0.3 is 5.97 Å². The number of ether oxygens (including phenoxy) is 1. The van der Waals surface area contributed by atoms with E-state index in [0.717, 1.165) is 0 Å². The highest BCUT2D eigenvalue weighted by Crippen LogP contribution is 1.92. The largest absolute Gasteiger partial charge is 0.464 e. The molecule has 0 atom stereocenters. The molecule has 1 aromatic rings. The van der Waals surface area contributed by atoms with Crippen molar-refractivity contribution in [2.24, 2.45) is 0 Å². The number of carbonyl (C=O) groups is 1. The summed E-state index contributed by atoms with van der Waals surface area (Å²) < 4.78 is 4.38. The van der Waals surface area contributed by atoms with Crippen molar-refractivity contribution in [3.63, 3.8) is 0 Å². The van der Waals surface area contributed by atoms with Crippen LogP contribution in [0.2, 0.25) is 0 Å². The Hall–Kier alpha value is -1.32. The van der Waals surface area contributed by atoms with Crippen molar-refractivity contribution in [3.05, 3.63) is 18.0 Å². The SMILES string of the molecule is COC(=O)c1ccn[nH]1.[HH]. The second-order valence-electron chi connectivity index (χ2n) is 1.46. The van der Waals surface area contributed by atoms with Gasteiger partial charge < -0.3 is 4.74 Å². The number of aromatic amines is 1. The number of nitrogens with zero attached hydrogens (tertiary/aromatic N) is 1. The molecule has 1 aromatic heterocycles. The normalized spacial score (nSPS) is 9.00. The van der Waals surface area contributed by atoms with Gasteiger partial charge in [0.15, 0.2) is 0 Å². The third kappa shape index (κ3) is 1.07. The molecule has 0 radical (unpaired) electrons. The second kappa shape index (κ2) is 2.30. The summed E-state index contributed by atoms with van der Waals surface area (Å²) in [6.45, 7) is 0. The molecule has 0 aliphatic rings. The van der Waals surface area contributed by atoms with Crippen LogP contribution in [0.4, 0.5) is 0 Å². The Morgan fingerprint density at radius 1 is 2.00 bits per heavy atom. The highest BCUT2D eigenvalue weighted by Gasteiger charge is 2.03. The summed E-state index contributed by atoms with van der Waals surface area (Å²) >= 11 is 0. The lowest BCUT2D eigenvalue weighted by atomic mass is 10.4. The molecule has 1 N–H and O–H groups in total. The highest BCUT2D eigenvalue weighted by atomic mass is 16.5. The summed E-state index contributed by atoms with van der Waals surface area (Å²) in [7, 11) is 1.32. The van der Waals surface area contributed by atoms with Gasteiger partial charge in [-0.1, -0.05) is 0 Å². The molecule has 0 amide bonds. The highest BCUT2D eigenvalue weighted by molar-refractivity contribution is 5.86. The van der Waals surface area contributed by atoms with E-state index in [-0.39, 0.29) is 1.43 Å². The Morgan fingerprint density at radius 2 is 2.78 bits per heavy atom. The van der Waals surface area contributed by atoms with Gasteiger partial charge in [-0.3, -0.25) is 5.10 Å². The van der Waals surface area contributed by atoms with Crippen LogP contribution in [0.1, 0.15) is 11.9 Å². The van der Waals surface area contributed by atoms with Crippen LogP contribution in [0, 0.1) is 0 Å². The lowest BCUT2D eigenvalue weighted by Crippen LogP contribution is -2.00. The zero-order valence-corrected chi connectivity index (χ0v) is 4.92. The molecule has 50 valence electrons. The van der Waals surface area contributed by atoms with Gasteiger partial charge in [0.05, 0.1) is 7.11 Å². The Labute approximate surface area is 53.3 Å². The molecule has 9 heavy (non-hydrogen) atoms. The van der Waals surface area contributed by atoms with E-state index >= 15 is 0 Å². The number of nitrogens with one attached hydrogen (secondary N) is 1. The van der Waals surface area contributed by atoms with Crippen molar-refractivity contribution in [3.8, 4) is 0 Å². The number of rotatable bonds is 1. The fourth-order valence-electron chi connectivity index (χ4n) is 0.480. The van der Waals surface area contributed by atoms with Crippen LogP contribution in [-0.4, -0.2) is 23.3 Å². The molecule has 1 rings (SSSR count). The summed E-state index contributed by atoms with van der Waals surface area (Å²) in [5.41, 5.74) is 0.373. The van der Waals surface area contributed by atoms with E-state index in [2.05, 4.69) is 14.9 Å². The number of H-pyrrole nitrogens is 1. The van der Waals surface area contributed by atoms with Crippen LogP contribution < -0.4 is 0 Å². The zero-order valence-electron chi connectivity index (χ0n) is 4.92. The van der Waals surface area contributed by atoms with E-state index in [1.165, 1.54) is 13.3 Å². The predicted octanol–water partition coefficient (Wildman–Crippen LogP) is 0.442. The third-order valence-corrected chi connectivity index (χ3v) is 0.906. The van der Waals surface area contributed by atoms with E-state index in [1.807, 2.05) is 0 Å². The average molecular weight is 128 g/mol.